The summed E-state index contributed by atoms with van der Waals surface area (Å²) in [6, 6.07) is 9.84. The van der Waals surface area contributed by atoms with Gasteiger partial charge in [0.2, 0.25) is 0 Å². The summed E-state index contributed by atoms with van der Waals surface area (Å²) in [5, 5.41) is 9.36. The number of aliphatic carboxylic acids is 1. The summed E-state index contributed by atoms with van der Waals surface area (Å²) in [7, 11) is 0. The third-order valence-corrected chi connectivity index (χ3v) is 3.97. The van der Waals surface area contributed by atoms with Gasteiger partial charge in [-0.15, -0.1) is 0 Å². The van der Waals surface area contributed by atoms with E-state index in [1.807, 2.05) is 18.2 Å². The first-order valence-electron chi connectivity index (χ1n) is 7.21. The first kappa shape index (κ1) is 14.1. The van der Waals surface area contributed by atoms with Crippen molar-refractivity contribution >= 4 is 5.97 Å². The Morgan fingerprint density at radius 3 is 2.74 bits per heavy atom. The molecule has 0 spiro atoms. The number of carboxylic acid groups (broad SMARTS) is 1. The van der Waals surface area contributed by atoms with Gasteiger partial charge in [0.25, 0.3) is 0 Å². The van der Waals surface area contributed by atoms with Crippen LogP contribution in [0.15, 0.2) is 30.3 Å². The largest absolute Gasteiger partial charge is 0.480 e. The molecule has 1 N–H and O–H groups in total. The molecule has 2 rings (SSSR count). The van der Waals surface area contributed by atoms with Crippen LogP contribution < -0.4 is 0 Å². The van der Waals surface area contributed by atoms with Gasteiger partial charge in [-0.2, -0.15) is 0 Å². The lowest BCUT2D eigenvalue weighted by molar-refractivity contribution is -0.142. The van der Waals surface area contributed by atoms with E-state index < -0.39 is 5.97 Å². The van der Waals surface area contributed by atoms with Gasteiger partial charge in [-0.25, -0.2) is 0 Å². The second kappa shape index (κ2) is 6.71. The summed E-state index contributed by atoms with van der Waals surface area (Å²) >= 11 is 0. The second-order valence-corrected chi connectivity index (χ2v) is 5.51. The molecule has 0 bridgehead atoms. The number of hydrogen-bond donors (Lipinski definition) is 1. The van der Waals surface area contributed by atoms with Crippen LogP contribution in [-0.2, 0) is 11.3 Å². The Labute approximate surface area is 115 Å². The Bertz CT molecular complexity index is 404. The molecule has 0 aliphatic carbocycles. The van der Waals surface area contributed by atoms with E-state index in [1.165, 1.54) is 18.4 Å². The van der Waals surface area contributed by atoms with Crippen LogP contribution in [0.4, 0.5) is 0 Å². The fourth-order valence-corrected chi connectivity index (χ4v) is 2.95. The lowest BCUT2D eigenvalue weighted by Crippen LogP contribution is -2.35. The number of rotatable bonds is 6. The molecule has 19 heavy (non-hydrogen) atoms. The van der Waals surface area contributed by atoms with E-state index in [9.17, 15) is 9.90 Å². The van der Waals surface area contributed by atoms with E-state index in [2.05, 4.69) is 24.0 Å². The number of benzene rings is 1. The molecular weight excluding hydrogens is 238 g/mol. The van der Waals surface area contributed by atoms with Crippen LogP contribution in [0.1, 0.15) is 38.2 Å². The van der Waals surface area contributed by atoms with Crippen LogP contribution >= 0.6 is 0 Å². The second-order valence-electron chi connectivity index (χ2n) is 5.51. The minimum atomic E-state index is -0.671. The van der Waals surface area contributed by atoms with Crippen molar-refractivity contribution in [2.45, 2.75) is 45.2 Å². The maximum Gasteiger partial charge on any atom is 0.320 e. The third-order valence-electron chi connectivity index (χ3n) is 3.97. The molecule has 1 aliphatic rings. The van der Waals surface area contributed by atoms with E-state index in [0.29, 0.717) is 5.92 Å². The maximum absolute atomic E-state index is 11.4. The quantitative estimate of drug-likeness (QED) is 0.855. The summed E-state index contributed by atoms with van der Waals surface area (Å²) in [5.74, 6) is -0.125. The van der Waals surface area contributed by atoms with E-state index in [0.717, 1.165) is 25.9 Å². The fourth-order valence-electron chi connectivity index (χ4n) is 2.95. The average Bonchev–Trinajstić information content (AvgIpc) is 2.81. The predicted octanol–water partition coefficient (Wildman–Crippen LogP) is 3.15. The molecule has 0 aromatic heterocycles. The Morgan fingerprint density at radius 2 is 2.11 bits per heavy atom. The molecule has 2 atom stereocenters. The first-order valence-corrected chi connectivity index (χ1v) is 7.21. The number of carbonyl (C=O) groups is 1. The van der Waals surface area contributed by atoms with Gasteiger partial charge < -0.3 is 5.11 Å². The monoisotopic (exact) mass is 261 g/mol. The van der Waals surface area contributed by atoms with Crippen LogP contribution in [0.5, 0.6) is 0 Å². The predicted molar refractivity (Wildman–Crippen MR) is 75.9 cm³/mol. The van der Waals surface area contributed by atoms with Gasteiger partial charge in [0.05, 0.1) is 0 Å². The van der Waals surface area contributed by atoms with Crippen molar-refractivity contribution in [1.82, 2.24) is 4.90 Å². The highest BCUT2D eigenvalue weighted by atomic mass is 16.4. The van der Waals surface area contributed by atoms with Crippen molar-refractivity contribution in [3.05, 3.63) is 35.9 Å². The van der Waals surface area contributed by atoms with Crippen LogP contribution in [-0.4, -0.2) is 28.6 Å². The lowest BCUT2D eigenvalue weighted by Gasteiger charge is -2.21. The van der Waals surface area contributed by atoms with Gasteiger partial charge in [0, 0.05) is 13.1 Å². The lowest BCUT2D eigenvalue weighted by atomic mass is 9.99. The molecule has 3 nitrogen and oxygen atoms in total. The molecule has 0 radical (unpaired) electrons. The number of nitrogens with zero attached hydrogens (tertiary/aromatic N) is 1. The van der Waals surface area contributed by atoms with E-state index in [-0.39, 0.29) is 6.04 Å². The molecule has 1 aliphatic heterocycles. The van der Waals surface area contributed by atoms with Crippen LogP contribution in [0.3, 0.4) is 0 Å². The Kier molecular flexibility index (Phi) is 4.97. The summed E-state index contributed by atoms with van der Waals surface area (Å²) in [6.45, 7) is 3.86. The number of hydrogen-bond acceptors (Lipinski definition) is 2. The molecule has 1 fully saturated rings. The molecular formula is C16H23NO2. The van der Waals surface area contributed by atoms with Gasteiger partial charge in [-0.1, -0.05) is 50.1 Å². The van der Waals surface area contributed by atoms with Crippen LogP contribution in [0, 0.1) is 5.92 Å². The number of unbranched alkanes of at least 4 members (excludes halogenated alkanes) is 1. The van der Waals surface area contributed by atoms with Crippen molar-refractivity contribution in [3.63, 3.8) is 0 Å². The van der Waals surface area contributed by atoms with Crippen molar-refractivity contribution in [1.29, 1.82) is 0 Å². The van der Waals surface area contributed by atoms with Gasteiger partial charge in [-0.05, 0) is 24.3 Å². The van der Waals surface area contributed by atoms with Crippen molar-refractivity contribution in [2.75, 3.05) is 6.54 Å². The van der Waals surface area contributed by atoms with Gasteiger partial charge in [-0.3, -0.25) is 9.69 Å². The molecule has 1 saturated heterocycles. The topological polar surface area (TPSA) is 40.5 Å². The SMILES string of the molecule is CCCC[C@H]1C[C@H](C(=O)O)N(Cc2ccccc2)C1. The number of likely N-dealkylation sites (tertiary alicyclic amines) is 1. The number of carboxylic acids is 1. The summed E-state index contributed by atoms with van der Waals surface area (Å²) in [5.41, 5.74) is 1.20. The van der Waals surface area contributed by atoms with Gasteiger partial charge in [0.15, 0.2) is 0 Å². The highest BCUT2D eigenvalue weighted by Gasteiger charge is 2.36. The summed E-state index contributed by atoms with van der Waals surface area (Å²) in [4.78, 5) is 13.5. The Hall–Kier alpha value is -1.35. The van der Waals surface area contributed by atoms with Gasteiger partial charge in [0.1, 0.15) is 6.04 Å². The van der Waals surface area contributed by atoms with E-state index >= 15 is 0 Å². The molecule has 1 heterocycles. The summed E-state index contributed by atoms with van der Waals surface area (Å²) in [6.07, 6.45) is 4.36. The molecule has 3 heteroatoms. The fraction of sp³-hybridized carbons (Fsp3) is 0.562. The normalized spacial score (nSPS) is 23.6. The molecule has 1 aromatic rings. The zero-order chi connectivity index (χ0) is 13.7. The van der Waals surface area contributed by atoms with E-state index in [1.54, 1.807) is 0 Å². The molecule has 0 saturated carbocycles. The van der Waals surface area contributed by atoms with Crippen LogP contribution in [0.25, 0.3) is 0 Å². The highest BCUT2D eigenvalue weighted by molar-refractivity contribution is 5.73. The highest BCUT2D eigenvalue weighted by Crippen LogP contribution is 2.28. The molecule has 0 amide bonds. The van der Waals surface area contributed by atoms with Crippen LogP contribution in [0.2, 0.25) is 0 Å². The smallest absolute Gasteiger partial charge is 0.320 e. The van der Waals surface area contributed by atoms with Crippen molar-refractivity contribution < 1.29 is 9.90 Å². The van der Waals surface area contributed by atoms with E-state index in [4.69, 9.17) is 0 Å². The average molecular weight is 261 g/mol. The molecule has 1 aromatic carbocycles. The van der Waals surface area contributed by atoms with Crippen molar-refractivity contribution in [2.24, 2.45) is 5.92 Å². The zero-order valence-electron chi connectivity index (χ0n) is 11.6. The maximum atomic E-state index is 11.4. The Balaban J connectivity index is 1.99. The van der Waals surface area contributed by atoms with Gasteiger partial charge >= 0.3 is 5.97 Å². The minimum Gasteiger partial charge on any atom is -0.480 e. The van der Waals surface area contributed by atoms with Crippen molar-refractivity contribution in [3.8, 4) is 0 Å². The first-order chi connectivity index (χ1) is 9.20. The summed E-state index contributed by atoms with van der Waals surface area (Å²) < 4.78 is 0. The Morgan fingerprint density at radius 1 is 1.37 bits per heavy atom. The third kappa shape index (κ3) is 3.80. The standard InChI is InChI=1S/C16H23NO2/c1-2-3-7-14-10-15(16(18)19)17(12-14)11-13-8-5-4-6-9-13/h4-6,8-9,14-15H,2-3,7,10-12H2,1H3,(H,18,19)/t14-,15+/m0/s1. The molecule has 0 unspecified atom stereocenters. The zero-order valence-corrected chi connectivity index (χ0v) is 11.6. The minimum absolute atomic E-state index is 0.304. The molecule has 104 valence electrons.